The first-order chi connectivity index (χ1) is 19.4. The molecule has 0 bridgehead atoms. The number of carboxylic acid groups (broad SMARTS) is 2. The highest BCUT2D eigenvalue weighted by Crippen LogP contribution is 2.33. The molecule has 4 N–H and O–H groups in total. The van der Waals surface area contributed by atoms with E-state index < -0.39 is 29.2 Å². The molecule has 5 aromatic rings. The number of nitrogens with zero attached hydrogens (tertiary/aromatic N) is 1. The summed E-state index contributed by atoms with van der Waals surface area (Å²) < 4.78 is 53.5. The molecule has 3 heterocycles. The van der Waals surface area contributed by atoms with E-state index >= 15 is 0 Å². The molecule has 1 atom stereocenters. The first kappa shape index (κ1) is 29.6. The summed E-state index contributed by atoms with van der Waals surface area (Å²) in [4.78, 5) is 25.0. The van der Waals surface area contributed by atoms with E-state index in [2.05, 4.69) is 10.3 Å². The minimum absolute atomic E-state index is 0.0174. The van der Waals surface area contributed by atoms with Crippen molar-refractivity contribution in [2.24, 2.45) is 0 Å². The molecule has 0 aliphatic rings. The summed E-state index contributed by atoms with van der Waals surface area (Å²) in [5, 5.41) is 32.1. The van der Waals surface area contributed by atoms with E-state index in [0.717, 1.165) is 5.39 Å². The third-order valence-corrected chi connectivity index (χ3v) is 6.63. The Labute approximate surface area is 233 Å². The van der Waals surface area contributed by atoms with Gasteiger partial charge in [0, 0.05) is 34.8 Å². The van der Waals surface area contributed by atoms with Crippen molar-refractivity contribution in [1.29, 1.82) is 0 Å². The van der Waals surface area contributed by atoms with E-state index in [1.54, 1.807) is 37.3 Å². The van der Waals surface area contributed by atoms with Crippen LogP contribution in [-0.4, -0.2) is 51.9 Å². The van der Waals surface area contributed by atoms with Crippen LogP contribution in [0.1, 0.15) is 43.5 Å². The number of aliphatic hydroxyl groups is 1. The topological polar surface area (TPSA) is 155 Å². The average Bonchev–Trinajstić information content (AvgIpc) is 3.66. The summed E-state index contributed by atoms with van der Waals surface area (Å²) in [5.74, 6) is -1.81. The lowest BCUT2D eigenvalue weighted by molar-refractivity contribution is -0.137. The lowest BCUT2D eigenvalue weighted by Gasteiger charge is -2.11. The monoisotopic (exact) mass is 592 g/mol. The fourth-order valence-electron chi connectivity index (χ4n) is 3.73. The standard InChI is InChI=1S/C18H17F3N2O5S.C9H6O3/c1-9-11-6-10(2-3-14(11)28-15(9)16(25)26)27-5-4-22-7-13(24)12-8-29-17(23-12)18(19,20)21;10-9(11)8-5-6-3-1-2-4-7(6)12-8/h2-3,6,8,13,22,24H,4-5,7H2,1H3,(H,25,26);1-5H,(H,10,11)/t13-;/m1./s1. The van der Waals surface area contributed by atoms with E-state index in [1.165, 1.54) is 11.4 Å². The molecule has 0 unspecified atom stereocenters. The summed E-state index contributed by atoms with van der Waals surface area (Å²) in [6.07, 6.45) is -5.69. The van der Waals surface area contributed by atoms with Crippen LogP contribution in [0, 0.1) is 6.92 Å². The molecule has 216 valence electrons. The Morgan fingerprint density at radius 3 is 2.49 bits per heavy atom. The van der Waals surface area contributed by atoms with Gasteiger partial charge in [-0.25, -0.2) is 14.6 Å². The van der Waals surface area contributed by atoms with Crippen LogP contribution < -0.4 is 10.1 Å². The van der Waals surface area contributed by atoms with Gasteiger partial charge in [0.25, 0.3) is 0 Å². The molecule has 5 rings (SSSR count). The molecule has 0 saturated carbocycles. The highest BCUT2D eigenvalue weighted by atomic mass is 32.1. The summed E-state index contributed by atoms with van der Waals surface area (Å²) in [5.41, 5.74) is 1.51. The number of aliphatic hydroxyl groups excluding tert-OH is 1. The number of aryl methyl sites for hydroxylation is 1. The van der Waals surface area contributed by atoms with Crippen molar-refractivity contribution < 1.29 is 51.7 Å². The van der Waals surface area contributed by atoms with E-state index in [4.69, 9.17) is 23.8 Å². The van der Waals surface area contributed by atoms with Gasteiger partial charge >= 0.3 is 18.1 Å². The zero-order valence-corrected chi connectivity index (χ0v) is 22.1. The molecule has 0 aliphatic heterocycles. The summed E-state index contributed by atoms with van der Waals surface area (Å²) in [6.45, 7) is 2.22. The molecule has 0 radical (unpaired) electrons. The maximum atomic E-state index is 12.5. The second-order valence-electron chi connectivity index (χ2n) is 8.62. The van der Waals surface area contributed by atoms with Crippen LogP contribution in [0.3, 0.4) is 0 Å². The van der Waals surface area contributed by atoms with Gasteiger partial charge in [0.1, 0.15) is 29.6 Å². The van der Waals surface area contributed by atoms with Gasteiger partial charge < -0.3 is 34.2 Å². The smallest absolute Gasteiger partial charge is 0.443 e. The van der Waals surface area contributed by atoms with Crippen LogP contribution in [0.4, 0.5) is 13.2 Å². The van der Waals surface area contributed by atoms with E-state index in [9.17, 15) is 27.9 Å². The minimum Gasteiger partial charge on any atom is -0.492 e. The zero-order chi connectivity index (χ0) is 29.7. The number of alkyl halides is 3. The van der Waals surface area contributed by atoms with Gasteiger partial charge in [-0.2, -0.15) is 13.2 Å². The SMILES string of the molecule is Cc1c(C(=O)O)oc2ccc(OCCNC[C@@H](O)c3csc(C(F)(F)F)n3)cc12.O=C(O)c1cc2ccccc2o1. The normalized spacial score (nSPS) is 12.2. The van der Waals surface area contributed by atoms with Crippen LogP contribution >= 0.6 is 11.3 Å². The highest BCUT2D eigenvalue weighted by Gasteiger charge is 2.35. The first-order valence-corrected chi connectivity index (χ1v) is 12.8. The van der Waals surface area contributed by atoms with Gasteiger partial charge in [-0.05, 0) is 37.3 Å². The average molecular weight is 593 g/mol. The first-order valence-electron chi connectivity index (χ1n) is 12.0. The summed E-state index contributed by atoms with van der Waals surface area (Å²) >= 11 is 0.438. The molecule has 0 saturated heterocycles. The Kier molecular flexibility index (Phi) is 8.95. The highest BCUT2D eigenvalue weighted by molar-refractivity contribution is 7.09. The number of para-hydroxylation sites is 1. The van der Waals surface area contributed by atoms with Crippen molar-refractivity contribution in [3.05, 3.63) is 81.7 Å². The number of aromatic nitrogens is 1. The maximum absolute atomic E-state index is 12.5. The Hall–Kier alpha value is -4.40. The lowest BCUT2D eigenvalue weighted by atomic mass is 10.1. The molecule has 10 nitrogen and oxygen atoms in total. The van der Waals surface area contributed by atoms with Gasteiger partial charge in [-0.1, -0.05) is 18.2 Å². The number of benzene rings is 2. The number of halogens is 3. The fourth-order valence-corrected chi connectivity index (χ4v) is 4.47. The molecular formula is C27H23F3N2O8S. The minimum atomic E-state index is -4.52. The van der Waals surface area contributed by atoms with Gasteiger partial charge in [0.2, 0.25) is 11.5 Å². The number of carbonyl (C=O) groups is 2. The predicted octanol–water partition coefficient (Wildman–Crippen LogP) is 5.75. The zero-order valence-electron chi connectivity index (χ0n) is 21.3. The predicted molar refractivity (Wildman–Crippen MR) is 142 cm³/mol. The third kappa shape index (κ3) is 7.22. The molecule has 0 fully saturated rings. The van der Waals surface area contributed by atoms with Gasteiger partial charge in [-0.15, -0.1) is 11.3 Å². The van der Waals surface area contributed by atoms with E-state index in [-0.39, 0.29) is 30.4 Å². The molecule has 3 aromatic heterocycles. The molecule has 0 spiro atoms. The van der Waals surface area contributed by atoms with Crippen LogP contribution in [0.5, 0.6) is 5.75 Å². The molecule has 0 amide bonds. The Morgan fingerprint density at radius 1 is 1.07 bits per heavy atom. The number of nitrogens with one attached hydrogen (secondary N) is 1. The number of thiazole rings is 1. The summed E-state index contributed by atoms with van der Waals surface area (Å²) in [7, 11) is 0. The molecule has 14 heteroatoms. The van der Waals surface area contributed by atoms with Crippen molar-refractivity contribution >= 4 is 45.2 Å². The third-order valence-electron chi connectivity index (χ3n) is 5.73. The number of ether oxygens (including phenoxy) is 1. The quantitative estimate of drug-likeness (QED) is 0.156. The van der Waals surface area contributed by atoms with Crippen molar-refractivity contribution in [1.82, 2.24) is 10.3 Å². The van der Waals surface area contributed by atoms with Crippen LogP contribution in [-0.2, 0) is 6.18 Å². The van der Waals surface area contributed by atoms with Gasteiger partial charge in [0.05, 0.1) is 5.69 Å². The molecule has 0 aliphatic carbocycles. The van der Waals surface area contributed by atoms with Crippen LogP contribution in [0.25, 0.3) is 21.9 Å². The van der Waals surface area contributed by atoms with Crippen LogP contribution in [0.2, 0.25) is 0 Å². The van der Waals surface area contributed by atoms with Crippen molar-refractivity contribution in [2.45, 2.75) is 19.2 Å². The maximum Gasteiger partial charge on any atom is 0.443 e. The van der Waals surface area contributed by atoms with Gasteiger partial charge in [0.15, 0.2) is 5.01 Å². The Balaban J connectivity index is 0.000000267. The number of rotatable bonds is 9. The second-order valence-corrected chi connectivity index (χ2v) is 9.47. The van der Waals surface area contributed by atoms with Crippen LogP contribution in [0.15, 0.2) is 62.7 Å². The number of fused-ring (bicyclic) bond motifs is 2. The number of furan rings is 2. The van der Waals surface area contributed by atoms with Crippen molar-refractivity contribution in [3.8, 4) is 5.75 Å². The largest absolute Gasteiger partial charge is 0.492 e. The van der Waals surface area contributed by atoms with Gasteiger partial charge in [-0.3, -0.25) is 0 Å². The van der Waals surface area contributed by atoms with Crippen molar-refractivity contribution in [3.63, 3.8) is 0 Å². The number of carboxylic acids is 2. The fraction of sp³-hybridized carbons (Fsp3) is 0.222. The number of aromatic carboxylic acids is 2. The number of hydrogen-bond acceptors (Lipinski definition) is 9. The molecular weight excluding hydrogens is 569 g/mol. The lowest BCUT2D eigenvalue weighted by Crippen LogP contribution is -2.26. The Morgan fingerprint density at radius 2 is 1.83 bits per heavy atom. The second kappa shape index (κ2) is 12.4. The Bertz CT molecular complexity index is 1640. The van der Waals surface area contributed by atoms with E-state index in [0.29, 0.717) is 45.7 Å². The number of hydrogen-bond donors (Lipinski definition) is 4. The molecule has 41 heavy (non-hydrogen) atoms. The molecule has 2 aromatic carbocycles. The summed E-state index contributed by atoms with van der Waals surface area (Å²) in [6, 6.07) is 13.6. The van der Waals surface area contributed by atoms with E-state index in [1.807, 2.05) is 12.1 Å². The van der Waals surface area contributed by atoms with Crippen molar-refractivity contribution in [2.75, 3.05) is 19.7 Å².